The van der Waals surface area contributed by atoms with Crippen molar-refractivity contribution >= 4 is 23.4 Å². The van der Waals surface area contributed by atoms with E-state index in [-0.39, 0.29) is 17.9 Å². The minimum Gasteiger partial charge on any atom is -0.352 e. The summed E-state index contributed by atoms with van der Waals surface area (Å²) in [7, 11) is 0. The van der Waals surface area contributed by atoms with Gasteiger partial charge in [0.25, 0.3) is 0 Å². The van der Waals surface area contributed by atoms with Gasteiger partial charge in [0.05, 0.1) is 0 Å². The fourth-order valence-corrected chi connectivity index (χ4v) is 5.26. The zero-order valence-electron chi connectivity index (χ0n) is 21.7. The summed E-state index contributed by atoms with van der Waals surface area (Å²) in [5.74, 6) is -0.120. The van der Waals surface area contributed by atoms with Gasteiger partial charge >= 0.3 is 0 Å². The molecule has 4 nitrogen and oxygen atoms in total. The second kappa shape index (κ2) is 13.4. The standard InChI is InChI=1S/C32H37ClN2O2/c1-2-24-16-18-25(19-17-24)20-21-31(36)35(23-27-12-6-9-15-29(27)33)30(22-26-10-4-3-5-11-26)32(37)34-28-13-7-8-14-28/h3-6,9-12,15-19,28,30H,2,7-8,13-14,20-23H2,1H3,(H,34,37)/t30-/m0/s1. The van der Waals surface area contributed by atoms with Gasteiger partial charge in [-0.2, -0.15) is 0 Å². The molecule has 1 saturated carbocycles. The average Bonchev–Trinajstić information content (AvgIpc) is 3.44. The lowest BCUT2D eigenvalue weighted by molar-refractivity contribution is -0.141. The van der Waals surface area contributed by atoms with Gasteiger partial charge in [0.1, 0.15) is 6.04 Å². The van der Waals surface area contributed by atoms with Crippen LogP contribution in [0.1, 0.15) is 61.3 Å². The van der Waals surface area contributed by atoms with E-state index in [9.17, 15) is 9.59 Å². The molecule has 194 valence electrons. The maximum absolute atomic E-state index is 13.8. The zero-order valence-corrected chi connectivity index (χ0v) is 22.4. The highest BCUT2D eigenvalue weighted by Crippen LogP contribution is 2.23. The normalized spacial score (nSPS) is 14.3. The second-order valence-electron chi connectivity index (χ2n) is 9.98. The Morgan fingerprint density at radius 2 is 1.54 bits per heavy atom. The number of hydrogen-bond donors (Lipinski definition) is 1. The summed E-state index contributed by atoms with van der Waals surface area (Å²) in [4.78, 5) is 29.3. The largest absolute Gasteiger partial charge is 0.352 e. The second-order valence-corrected chi connectivity index (χ2v) is 10.4. The molecule has 3 aromatic rings. The van der Waals surface area contributed by atoms with E-state index in [1.807, 2.05) is 54.6 Å². The Morgan fingerprint density at radius 1 is 0.892 bits per heavy atom. The van der Waals surface area contributed by atoms with Gasteiger partial charge in [-0.05, 0) is 54.0 Å². The molecule has 0 spiro atoms. The van der Waals surface area contributed by atoms with Gasteiger partial charge in [-0.3, -0.25) is 9.59 Å². The van der Waals surface area contributed by atoms with Gasteiger partial charge in [-0.25, -0.2) is 0 Å². The van der Waals surface area contributed by atoms with Crippen LogP contribution in [-0.4, -0.2) is 28.8 Å². The highest BCUT2D eigenvalue weighted by molar-refractivity contribution is 6.31. The minimum absolute atomic E-state index is 0.0398. The molecule has 37 heavy (non-hydrogen) atoms. The molecule has 1 fully saturated rings. The van der Waals surface area contributed by atoms with E-state index in [1.54, 1.807) is 4.90 Å². The molecule has 2 amide bonds. The molecule has 0 aliphatic heterocycles. The Balaban J connectivity index is 1.60. The van der Waals surface area contributed by atoms with Gasteiger partial charge in [0.15, 0.2) is 0 Å². The van der Waals surface area contributed by atoms with Crippen LogP contribution >= 0.6 is 11.6 Å². The molecule has 4 rings (SSSR count). The van der Waals surface area contributed by atoms with Crippen molar-refractivity contribution in [2.24, 2.45) is 0 Å². The quantitative estimate of drug-likeness (QED) is 0.315. The fourth-order valence-electron chi connectivity index (χ4n) is 5.07. The number of nitrogens with zero attached hydrogens (tertiary/aromatic N) is 1. The molecule has 5 heteroatoms. The number of carbonyl (C=O) groups is 2. The zero-order chi connectivity index (χ0) is 26.0. The molecule has 0 aromatic heterocycles. The van der Waals surface area contributed by atoms with E-state index >= 15 is 0 Å². The van der Waals surface area contributed by atoms with Crippen LogP contribution in [0.25, 0.3) is 0 Å². The Bertz CT molecular complexity index is 1160. The molecule has 0 radical (unpaired) electrons. The number of carbonyl (C=O) groups excluding carboxylic acids is 2. The van der Waals surface area contributed by atoms with Gasteiger partial charge < -0.3 is 10.2 Å². The first-order valence-corrected chi connectivity index (χ1v) is 13.9. The third-order valence-electron chi connectivity index (χ3n) is 7.33. The summed E-state index contributed by atoms with van der Waals surface area (Å²) in [6.45, 7) is 2.43. The number of hydrogen-bond acceptors (Lipinski definition) is 2. The van der Waals surface area contributed by atoms with Crippen molar-refractivity contribution in [2.75, 3.05) is 0 Å². The molecule has 1 aliphatic carbocycles. The number of rotatable bonds is 11. The van der Waals surface area contributed by atoms with Crippen molar-refractivity contribution < 1.29 is 9.59 Å². The van der Waals surface area contributed by atoms with Crippen molar-refractivity contribution in [3.63, 3.8) is 0 Å². The van der Waals surface area contributed by atoms with Crippen LogP contribution in [0, 0.1) is 0 Å². The van der Waals surface area contributed by atoms with E-state index in [0.29, 0.717) is 30.8 Å². The molecular weight excluding hydrogens is 480 g/mol. The van der Waals surface area contributed by atoms with Crippen molar-refractivity contribution in [1.82, 2.24) is 10.2 Å². The Morgan fingerprint density at radius 3 is 2.22 bits per heavy atom. The SMILES string of the molecule is CCc1ccc(CCC(=O)N(Cc2ccccc2Cl)[C@@H](Cc2ccccc2)C(=O)NC2CCCC2)cc1. The number of amides is 2. The summed E-state index contributed by atoms with van der Waals surface area (Å²) >= 11 is 6.52. The smallest absolute Gasteiger partial charge is 0.243 e. The van der Waals surface area contributed by atoms with Crippen LogP contribution in [0.2, 0.25) is 5.02 Å². The molecule has 1 N–H and O–H groups in total. The van der Waals surface area contributed by atoms with Crippen molar-refractivity contribution in [2.45, 2.75) is 76.9 Å². The highest BCUT2D eigenvalue weighted by atomic mass is 35.5. The maximum Gasteiger partial charge on any atom is 0.243 e. The van der Waals surface area contributed by atoms with E-state index in [2.05, 4.69) is 36.5 Å². The lowest BCUT2D eigenvalue weighted by atomic mass is 10.0. The number of benzene rings is 3. The van der Waals surface area contributed by atoms with Crippen molar-refractivity contribution in [3.05, 3.63) is 106 Å². The van der Waals surface area contributed by atoms with E-state index in [1.165, 1.54) is 5.56 Å². The summed E-state index contributed by atoms with van der Waals surface area (Å²) < 4.78 is 0. The van der Waals surface area contributed by atoms with E-state index in [0.717, 1.165) is 48.8 Å². The Hall–Kier alpha value is -3.11. The summed E-state index contributed by atoms with van der Waals surface area (Å²) in [5.41, 5.74) is 4.28. The molecular formula is C32H37ClN2O2. The minimum atomic E-state index is -0.616. The third-order valence-corrected chi connectivity index (χ3v) is 7.70. The van der Waals surface area contributed by atoms with E-state index < -0.39 is 6.04 Å². The molecule has 0 bridgehead atoms. The summed E-state index contributed by atoms with van der Waals surface area (Å²) in [5, 5.41) is 3.86. The van der Waals surface area contributed by atoms with Gasteiger partial charge in [-0.1, -0.05) is 104 Å². The first-order chi connectivity index (χ1) is 18.0. The van der Waals surface area contributed by atoms with Gasteiger partial charge in [0, 0.05) is 30.5 Å². The first-order valence-electron chi connectivity index (χ1n) is 13.5. The van der Waals surface area contributed by atoms with Gasteiger partial charge in [0.2, 0.25) is 11.8 Å². The lowest BCUT2D eigenvalue weighted by Crippen LogP contribution is -2.52. The van der Waals surface area contributed by atoms with Crippen LogP contribution in [0.5, 0.6) is 0 Å². The van der Waals surface area contributed by atoms with Crippen LogP contribution in [0.3, 0.4) is 0 Å². The molecule has 0 saturated heterocycles. The summed E-state index contributed by atoms with van der Waals surface area (Å²) in [6.07, 6.45) is 6.66. The topological polar surface area (TPSA) is 49.4 Å². The van der Waals surface area contributed by atoms with Crippen molar-refractivity contribution in [3.8, 4) is 0 Å². The van der Waals surface area contributed by atoms with E-state index in [4.69, 9.17) is 11.6 Å². The Labute approximate surface area is 226 Å². The molecule has 1 aliphatic rings. The van der Waals surface area contributed by atoms with Gasteiger partial charge in [-0.15, -0.1) is 0 Å². The van der Waals surface area contributed by atoms with Crippen LogP contribution in [0.4, 0.5) is 0 Å². The number of nitrogens with one attached hydrogen (secondary N) is 1. The maximum atomic E-state index is 13.8. The highest BCUT2D eigenvalue weighted by Gasteiger charge is 2.32. The third kappa shape index (κ3) is 7.69. The predicted octanol–water partition coefficient (Wildman–Crippen LogP) is 6.53. The predicted molar refractivity (Wildman–Crippen MR) is 150 cm³/mol. The van der Waals surface area contributed by atoms with Crippen LogP contribution in [-0.2, 0) is 35.4 Å². The fraction of sp³-hybridized carbons (Fsp3) is 0.375. The average molecular weight is 517 g/mol. The molecule has 3 aromatic carbocycles. The summed E-state index contributed by atoms with van der Waals surface area (Å²) in [6, 6.07) is 25.5. The monoisotopic (exact) mass is 516 g/mol. The van der Waals surface area contributed by atoms with Crippen molar-refractivity contribution in [1.29, 1.82) is 0 Å². The molecule has 0 unspecified atom stereocenters. The van der Waals surface area contributed by atoms with Crippen LogP contribution in [0.15, 0.2) is 78.9 Å². The lowest BCUT2D eigenvalue weighted by Gasteiger charge is -2.32. The molecule has 1 atom stereocenters. The Kier molecular flexibility index (Phi) is 9.78. The molecule has 0 heterocycles. The number of aryl methyl sites for hydroxylation is 2. The van der Waals surface area contributed by atoms with Crippen LogP contribution < -0.4 is 5.32 Å². The number of halogens is 1. The first kappa shape index (κ1) is 26.9.